The summed E-state index contributed by atoms with van der Waals surface area (Å²) in [6.07, 6.45) is -0.495. The molecule has 1 aromatic carbocycles. The standard InChI is InChI=1S/C13H18N2O3/c16-12(17)14-9-13(18)6-7-15(10-13)8-11-4-2-1-3-5-11/h1-5,14,18H,6-10H2,(H,16,17). The van der Waals surface area contributed by atoms with Gasteiger partial charge < -0.3 is 15.5 Å². The third kappa shape index (κ3) is 3.45. The van der Waals surface area contributed by atoms with Gasteiger partial charge in [0.2, 0.25) is 0 Å². The van der Waals surface area contributed by atoms with Gasteiger partial charge in [-0.05, 0) is 12.0 Å². The second-order valence-corrected chi connectivity index (χ2v) is 4.83. The maximum absolute atomic E-state index is 10.4. The van der Waals surface area contributed by atoms with Crippen molar-refractivity contribution < 1.29 is 15.0 Å². The van der Waals surface area contributed by atoms with Gasteiger partial charge in [-0.3, -0.25) is 4.90 Å². The van der Waals surface area contributed by atoms with E-state index in [2.05, 4.69) is 10.2 Å². The molecule has 3 N–H and O–H groups in total. The van der Waals surface area contributed by atoms with E-state index in [-0.39, 0.29) is 6.54 Å². The number of rotatable bonds is 4. The molecule has 98 valence electrons. The van der Waals surface area contributed by atoms with Crippen molar-refractivity contribution in [2.45, 2.75) is 18.6 Å². The highest BCUT2D eigenvalue weighted by molar-refractivity contribution is 5.64. The lowest BCUT2D eigenvalue weighted by Crippen LogP contribution is -2.44. The Hall–Kier alpha value is -1.59. The van der Waals surface area contributed by atoms with Crippen molar-refractivity contribution in [1.29, 1.82) is 0 Å². The summed E-state index contributed by atoms with van der Waals surface area (Å²) in [5.74, 6) is 0. The Balaban J connectivity index is 1.86. The van der Waals surface area contributed by atoms with Crippen molar-refractivity contribution in [3.8, 4) is 0 Å². The van der Waals surface area contributed by atoms with Crippen LogP contribution in [0.15, 0.2) is 30.3 Å². The van der Waals surface area contributed by atoms with Crippen molar-refractivity contribution in [2.24, 2.45) is 0 Å². The van der Waals surface area contributed by atoms with Gasteiger partial charge in [0, 0.05) is 19.6 Å². The lowest BCUT2D eigenvalue weighted by atomic mass is 10.0. The molecule has 5 heteroatoms. The fourth-order valence-corrected chi connectivity index (χ4v) is 2.30. The monoisotopic (exact) mass is 250 g/mol. The van der Waals surface area contributed by atoms with Crippen LogP contribution >= 0.6 is 0 Å². The Bertz CT molecular complexity index is 410. The first-order valence-corrected chi connectivity index (χ1v) is 6.03. The first kappa shape index (κ1) is 12.9. The third-order valence-corrected chi connectivity index (χ3v) is 3.23. The minimum absolute atomic E-state index is 0.0909. The SMILES string of the molecule is O=C(O)NCC1(O)CCN(Cc2ccccc2)C1. The van der Waals surface area contributed by atoms with Crippen LogP contribution < -0.4 is 5.32 Å². The molecule has 1 saturated heterocycles. The van der Waals surface area contributed by atoms with Gasteiger partial charge in [0.25, 0.3) is 0 Å². The molecule has 0 radical (unpaired) electrons. The minimum Gasteiger partial charge on any atom is -0.465 e. The van der Waals surface area contributed by atoms with Crippen molar-refractivity contribution in [3.63, 3.8) is 0 Å². The topological polar surface area (TPSA) is 72.8 Å². The maximum atomic E-state index is 10.4. The predicted octanol–water partition coefficient (Wildman–Crippen LogP) is 0.891. The van der Waals surface area contributed by atoms with Crippen LogP contribution in [-0.4, -0.2) is 46.4 Å². The highest BCUT2D eigenvalue weighted by Gasteiger charge is 2.36. The minimum atomic E-state index is -1.09. The largest absolute Gasteiger partial charge is 0.465 e. The molecular formula is C13H18N2O3. The molecule has 0 saturated carbocycles. The fraction of sp³-hybridized carbons (Fsp3) is 0.462. The molecule has 1 amide bonds. The third-order valence-electron chi connectivity index (χ3n) is 3.23. The summed E-state index contributed by atoms with van der Waals surface area (Å²) in [5, 5.41) is 21.0. The molecule has 1 fully saturated rings. The molecule has 0 aromatic heterocycles. The fourth-order valence-electron chi connectivity index (χ4n) is 2.30. The van der Waals surface area contributed by atoms with Gasteiger partial charge in [0.15, 0.2) is 0 Å². The second-order valence-electron chi connectivity index (χ2n) is 4.83. The zero-order valence-corrected chi connectivity index (χ0v) is 10.2. The van der Waals surface area contributed by atoms with E-state index in [0.29, 0.717) is 13.0 Å². The molecule has 1 heterocycles. The number of amides is 1. The van der Waals surface area contributed by atoms with Gasteiger partial charge in [-0.15, -0.1) is 0 Å². The van der Waals surface area contributed by atoms with Gasteiger partial charge in [0.05, 0.1) is 12.1 Å². The summed E-state index contributed by atoms with van der Waals surface area (Å²) in [6, 6.07) is 10.0. The quantitative estimate of drug-likeness (QED) is 0.742. The van der Waals surface area contributed by atoms with E-state index in [4.69, 9.17) is 5.11 Å². The lowest BCUT2D eigenvalue weighted by Gasteiger charge is -2.23. The number of β-amino-alcohol motifs (C(OH)–C–C–N with tert-alkyl or cyclic N) is 1. The maximum Gasteiger partial charge on any atom is 0.404 e. The summed E-state index contributed by atoms with van der Waals surface area (Å²) in [6.45, 7) is 2.17. The van der Waals surface area contributed by atoms with E-state index in [9.17, 15) is 9.90 Å². The van der Waals surface area contributed by atoms with Gasteiger partial charge in [0.1, 0.15) is 0 Å². The second kappa shape index (κ2) is 5.37. The molecule has 0 spiro atoms. The Morgan fingerprint density at radius 2 is 2.11 bits per heavy atom. The number of likely N-dealkylation sites (tertiary alicyclic amines) is 1. The summed E-state index contributed by atoms with van der Waals surface area (Å²) >= 11 is 0. The smallest absolute Gasteiger partial charge is 0.404 e. The molecule has 0 bridgehead atoms. The van der Waals surface area contributed by atoms with E-state index in [1.165, 1.54) is 5.56 Å². The Kier molecular flexibility index (Phi) is 3.84. The highest BCUT2D eigenvalue weighted by Crippen LogP contribution is 2.22. The Labute approximate surface area is 106 Å². The van der Waals surface area contributed by atoms with E-state index in [1.54, 1.807) is 0 Å². The highest BCUT2D eigenvalue weighted by atomic mass is 16.4. The number of hydrogen-bond donors (Lipinski definition) is 3. The molecule has 1 unspecified atom stereocenters. The first-order chi connectivity index (χ1) is 8.57. The number of hydrogen-bond acceptors (Lipinski definition) is 3. The van der Waals surface area contributed by atoms with Crippen LogP contribution in [0.1, 0.15) is 12.0 Å². The number of benzene rings is 1. The summed E-state index contributed by atoms with van der Waals surface area (Å²) < 4.78 is 0. The van der Waals surface area contributed by atoms with E-state index in [1.807, 2.05) is 30.3 Å². The van der Waals surface area contributed by atoms with Crippen molar-refractivity contribution >= 4 is 6.09 Å². The van der Waals surface area contributed by atoms with Crippen molar-refractivity contribution in [2.75, 3.05) is 19.6 Å². The number of carboxylic acid groups (broad SMARTS) is 1. The first-order valence-electron chi connectivity index (χ1n) is 6.03. The number of aliphatic hydroxyl groups is 1. The van der Waals surface area contributed by atoms with Crippen LogP contribution in [0, 0.1) is 0 Å². The molecule has 5 nitrogen and oxygen atoms in total. The molecule has 1 aromatic rings. The van der Waals surface area contributed by atoms with Gasteiger partial charge >= 0.3 is 6.09 Å². The van der Waals surface area contributed by atoms with Crippen molar-refractivity contribution in [3.05, 3.63) is 35.9 Å². The molecule has 1 aliphatic heterocycles. The number of nitrogens with one attached hydrogen (secondary N) is 1. The molecule has 0 aliphatic carbocycles. The Morgan fingerprint density at radius 1 is 1.39 bits per heavy atom. The van der Waals surface area contributed by atoms with Crippen LogP contribution in [-0.2, 0) is 6.54 Å². The van der Waals surface area contributed by atoms with Crippen LogP contribution in [0.3, 0.4) is 0 Å². The number of carbonyl (C=O) groups is 1. The van der Waals surface area contributed by atoms with Crippen LogP contribution in [0.2, 0.25) is 0 Å². The zero-order chi connectivity index (χ0) is 13.0. The van der Waals surface area contributed by atoms with E-state index in [0.717, 1.165) is 13.1 Å². The normalized spacial score (nSPS) is 24.1. The van der Waals surface area contributed by atoms with Crippen LogP contribution in [0.25, 0.3) is 0 Å². The van der Waals surface area contributed by atoms with Crippen molar-refractivity contribution in [1.82, 2.24) is 10.2 Å². The summed E-state index contributed by atoms with van der Waals surface area (Å²) in [4.78, 5) is 12.6. The molecule has 1 aliphatic rings. The molecular weight excluding hydrogens is 232 g/mol. The molecule has 18 heavy (non-hydrogen) atoms. The number of nitrogens with zero attached hydrogens (tertiary/aromatic N) is 1. The van der Waals surface area contributed by atoms with Gasteiger partial charge in [-0.25, -0.2) is 4.79 Å². The van der Waals surface area contributed by atoms with Gasteiger partial charge in [-0.1, -0.05) is 30.3 Å². The van der Waals surface area contributed by atoms with E-state index < -0.39 is 11.7 Å². The summed E-state index contributed by atoms with van der Waals surface area (Å²) in [5.41, 5.74) is 0.264. The van der Waals surface area contributed by atoms with Crippen LogP contribution in [0.5, 0.6) is 0 Å². The lowest BCUT2D eigenvalue weighted by molar-refractivity contribution is 0.0483. The predicted molar refractivity (Wildman–Crippen MR) is 67.3 cm³/mol. The van der Waals surface area contributed by atoms with E-state index >= 15 is 0 Å². The Morgan fingerprint density at radius 3 is 2.78 bits per heavy atom. The van der Waals surface area contributed by atoms with Crippen LogP contribution in [0.4, 0.5) is 4.79 Å². The van der Waals surface area contributed by atoms with Gasteiger partial charge in [-0.2, -0.15) is 0 Å². The summed E-state index contributed by atoms with van der Waals surface area (Å²) in [7, 11) is 0. The zero-order valence-electron chi connectivity index (χ0n) is 10.2. The molecule has 2 rings (SSSR count). The average Bonchev–Trinajstić information content (AvgIpc) is 2.71. The molecule has 1 atom stereocenters. The average molecular weight is 250 g/mol.